The van der Waals surface area contributed by atoms with Gasteiger partial charge in [0.2, 0.25) is 0 Å². The van der Waals surface area contributed by atoms with E-state index in [0.717, 1.165) is 25.3 Å². The summed E-state index contributed by atoms with van der Waals surface area (Å²) in [6.45, 7) is 4.21. The van der Waals surface area contributed by atoms with Gasteiger partial charge in [-0.3, -0.25) is 4.99 Å². The number of aromatic nitrogens is 1. The third-order valence-electron chi connectivity index (χ3n) is 4.50. The fraction of sp³-hybridized carbons (Fsp3) is 0.400. The van der Waals surface area contributed by atoms with Gasteiger partial charge >= 0.3 is 0 Å². The third kappa shape index (κ3) is 5.48. The van der Waals surface area contributed by atoms with Crippen molar-refractivity contribution in [3.63, 3.8) is 0 Å². The second kappa shape index (κ2) is 9.59. The lowest BCUT2D eigenvalue weighted by Gasteiger charge is -2.21. The second-order valence-corrected chi connectivity index (χ2v) is 7.13. The number of hydrogen-bond donors (Lipinski definition) is 2. The van der Waals surface area contributed by atoms with Crippen LogP contribution in [0.15, 0.2) is 47.6 Å². The van der Waals surface area contributed by atoms with Crippen LogP contribution in [0.4, 0.5) is 10.2 Å². The molecule has 1 aliphatic heterocycles. The van der Waals surface area contributed by atoms with E-state index in [4.69, 9.17) is 16.3 Å². The van der Waals surface area contributed by atoms with Crippen molar-refractivity contribution in [3.8, 4) is 5.75 Å². The smallest absolute Gasteiger partial charge is 0.191 e. The molecule has 8 heteroatoms. The Labute approximate surface area is 169 Å². The van der Waals surface area contributed by atoms with Gasteiger partial charge in [-0.05, 0) is 49.7 Å². The summed E-state index contributed by atoms with van der Waals surface area (Å²) in [5.74, 6) is 1.89. The molecule has 0 bridgehead atoms. The SMILES string of the molecule is CN=C(NCC(C)Oc1ccc(F)cc1)NC1CCN(c2ncccc2Cl)C1. The van der Waals surface area contributed by atoms with Crippen LogP contribution in [-0.2, 0) is 0 Å². The zero-order chi connectivity index (χ0) is 19.9. The molecule has 28 heavy (non-hydrogen) atoms. The molecule has 2 atom stereocenters. The first kappa shape index (κ1) is 20.2. The first-order valence-electron chi connectivity index (χ1n) is 9.30. The van der Waals surface area contributed by atoms with Crippen LogP contribution in [0.5, 0.6) is 5.75 Å². The van der Waals surface area contributed by atoms with Crippen LogP contribution in [0.3, 0.4) is 0 Å². The normalized spacial score (nSPS) is 18.1. The average molecular weight is 406 g/mol. The summed E-state index contributed by atoms with van der Waals surface area (Å²) in [6, 6.07) is 9.94. The molecule has 1 saturated heterocycles. The number of aliphatic imine (C=N–C) groups is 1. The van der Waals surface area contributed by atoms with E-state index in [9.17, 15) is 4.39 Å². The number of nitrogens with one attached hydrogen (secondary N) is 2. The molecule has 1 fully saturated rings. The maximum atomic E-state index is 13.0. The van der Waals surface area contributed by atoms with E-state index in [1.54, 1.807) is 25.4 Å². The first-order valence-corrected chi connectivity index (χ1v) is 9.68. The highest BCUT2D eigenvalue weighted by molar-refractivity contribution is 6.32. The minimum absolute atomic E-state index is 0.101. The molecule has 1 aromatic carbocycles. The maximum absolute atomic E-state index is 13.0. The number of pyridine rings is 1. The van der Waals surface area contributed by atoms with Crippen molar-refractivity contribution < 1.29 is 9.13 Å². The average Bonchev–Trinajstić information content (AvgIpc) is 3.15. The third-order valence-corrected chi connectivity index (χ3v) is 4.79. The highest BCUT2D eigenvalue weighted by atomic mass is 35.5. The minimum Gasteiger partial charge on any atom is -0.489 e. The minimum atomic E-state index is -0.277. The fourth-order valence-corrected chi connectivity index (χ4v) is 3.34. The Morgan fingerprint density at radius 1 is 1.39 bits per heavy atom. The summed E-state index contributed by atoms with van der Waals surface area (Å²) in [5.41, 5.74) is 0. The molecular formula is C20H25ClFN5O. The highest BCUT2D eigenvalue weighted by Gasteiger charge is 2.25. The molecule has 2 N–H and O–H groups in total. The van der Waals surface area contributed by atoms with Gasteiger partial charge in [-0.1, -0.05) is 11.6 Å². The number of rotatable bonds is 6. The van der Waals surface area contributed by atoms with E-state index in [1.165, 1.54) is 12.1 Å². The topological polar surface area (TPSA) is 61.8 Å². The number of halogens is 2. The molecule has 2 heterocycles. The van der Waals surface area contributed by atoms with Gasteiger partial charge in [-0.15, -0.1) is 0 Å². The van der Waals surface area contributed by atoms with E-state index in [-0.39, 0.29) is 18.0 Å². The Balaban J connectivity index is 1.46. The molecule has 150 valence electrons. The number of benzene rings is 1. The van der Waals surface area contributed by atoms with Gasteiger partial charge in [0.1, 0.15) is 23.5 Å². The summed E-state index contributed by atoms with van der Waals surface area (Å²) in [7, 11) is 1.74. The molecule has 0 amide bonds. The number of hydrogen-bond acceptors (Lipinski definition) is 4. The number of anilines is 1. The summed E-state index contributed by atoms with van der Waals surface area (Å²) >= 11 is 6.25. The quantitative estimate of drug-likeness (QED) is 0.571. The van der Waals surface area contributed by atoms with Crippen LogP contribution < -0.4 is 20.3 Å². The van der Waals surface area contributed by atoms with Crippen molar-refractivity contribution in [2.24, 2.45) is 4.99 Å². The zero-order valence-corrected chi connectivity index (χ0v) is 16.8. The molecule has 1 aliphatic rings. The monoisotopic (exact) mass is 405 g/mol. The van der Waals surface area contributed by atoms with Gasteiger partial charge in [0.15, 0.2) is 5.96 Å². The van der Waals surface area contributed by atoms with Crippen LogP contribution in [-0.4, -0.2) is 49.8 Å². The van der Waals surface area contributed by atoms with E-state index >= 15 is 0 Å². The van der Waals surface area contributed by atoms with Gasteiger partial charge in [0, 0.05) is 32.4 Å². The largest absolute Gasteiger partial charge is 0.489 e. The Hall–Kier alpha value is -2.54. The van der Waals surface area contributed by atoms with Crippen molar-refractivity contribution >= 4 is 23.4 Å². The second-order valence-electron chi connectivity index (χ2n) is 6.72. The summed E-state index contributed by atoms with van der Waals surface area (Å²) in [6.07, 6.45) is 2.62. The Bertz CT molecular complexity index is 801. The molecule has 0 saturated carbocycles. The molecule has 2 unspecified atom stereocenters. The van der Waals surface area contributed by atoms with Crippen LogP contribution in [0.1, 0.15) is 13.3 Å². The zero-order valence-electron chi connectivity index (χ0n) is 16.0. The van der Waals surface area contributed by atoms with E-state index < -0.39 is 0 Å². The Morgan fingerprint density at radius 3 is 2.89 bits per heavy atom. The van der Waals surface area contributed by atoms with Crippen LogP contribution in [0.2, 0.25) is 5.02 Å². The summed E-state index contributed by atoms with van der Waals surface area (Å²) in [4.78, 5) is 10.8. The molecule has 6 nitrogen and oxygen atoms in total. The molecule has 0 aliphatic carbocycles. The van der Waals surface area contributed by atoms with Crippen LogP contribution in [0.25, 0.3) is 0 Å². The Morgan fingerprint density at radius 2 is 2.18 bits per heavy atom. The number of ether oxygens (including phenoxy) is 1. The van der Waals surface area contributed by atoms with Crippen molar-refractivity contribution in [1.29, 1.82) is 0 Å². The molecule has 3 rings (SSSR count). The standard InChI is InChI=1S/C20H25ClFN5O/c1-14(28-17-7-5-15(22)6-8-17)12-25-20(23-2)26-16-9-11-27(13-16)19-18(21)4-3-10-24-19/h3-8,10,14,16H,9,11-13H2,1-2H3,(H2,23,25,26). The van der Waals surface area contributed by atoms with Gasteiger partial charge in [0.25, 0.3) is 0 Å². The maximum Gasteiger partial charge on any atom is 0.191 e. The highest BCUT2D eigenvalue weighted by Crippen LogP contribution is 2.25. The predicted molar refractivity (Wildman–Crippen MR) is 111 cm³/mol. The number of guanidine groups is 1. The molecule has 0 radical (unpaired) electrons. The van der Waals surface area contributed by atoms with E-state index in [0.29, 0.717) is 23.3 Å². The molecule has 2 aromatic rings. The van der Waals surface area contributed by atoms with E-state index in [2.05, 4.69) is 25.5 Å². The fourth-order valence-electron chi connectivity index (χ4n) is 3.10. The van der Waals surface area contributed by atoms with Crippen LogP contribution in [0, 0.1) is 5.82 Å². The lowest BCUT2D eigenvalue weighted by atomic mass is 10.3. The van der Waals surface area contributed by atoms with Crippen molar-refractivity contribution in [3.05, 3.63) is 53.4 Å². The van der Waals surface area contributed by atoms with E-state index in [1.807, 2.05) is 19.1 Å². The summed E-state index contributed by atoms with van der Waals surface area (Å²) in [5, 5.41) is 7.37. The van der Waals surface area contributed by atoms with Crippen molar-refractivity contribution in [1.82, 2.24) is 15.6 Å². The van der Waals surface area contributed by atoms with Crippen LogP contribution >= 0.6 is 11.6 Å². The van der Waals surface area contributed by atoms with Gasteiger partial charge < -0.3 is 20.3 Å². The first-order chi connectivity index (χ1) is 13.5. The summed E-state index contributed by atoms with van der Waals surface area (Å²) < 4.78 is 18.7. The lowest BCUT2D eigenvalue weighted by molar-refractivity contribution is 0.223. The van der Waals surface area contributed by atoms with Crippen molar-refractivity contribution in [2.45, 2.75) is 25.5 Å². The molecular weight excluding hydrogens is 381 g/mol. The van der Waals surface area contributed by atoms with Gasteiger partial charge in [0.05, 0.1) is 11.6 Å². The molecule has 0 spiro atoms. The molecule has 1 aromatic heterocycles. The van der Waals surface area contributed by atoms with Gasteiger partial charge in [-0.2, -0.15) is 0 Å². The number of nitrogens with zero attached hydrogens (tertiary/aromatic N) is 3. The predicted octanol–water partition coefficient (Wildman–Crippen LogP) is 3.09. The van der Waals surface area contributed by atoms with Gasteiger partial charge in [-0.25, -0.2) is 9.37 Å². The Kier molecular flexibility index (Phi) is 6.92. The van der Waals surface area contributed by atoms with Crippen molar-refractivity contribution in [2.75, 3.05) is 31.6 Å². The lowest BCUT2D eigenvalue weighted by Crippen LogP contribution is -2.47.